The minimum atomic E-state index is -4.24. The molecule has 0 atom stereocenters. The Morgan fingerprint density at radius 2 is 2.07 bits per heavy atom. The second-order valence-electron chi connectivity index (χ2n) is 2.35. The largest absolute Gasteiger partial charge is 0.618 e. The van der Waals surface area contributed by atoms with Crippen LogP contribution in [0.1, 0.15) is 0 Å². The fraction of sp³-hybridized carbons (Fsp3) is 0. The van der Waals surface area contributed by atoms with Crippen molar-refractivity contribution in [2.45, 2.75) is 5.03 Å². The Morgan fingerprint density at radius 1 is 1.50 bits per heavy atom. The van der Waals surface area contributed by atoms with Crippen molar-refractivity contribution >= 4 is 15.7 Å². The van der Waals surface area contributed by atoms with E-state index in [1.807, 2.05) is 0 Å². The smallest absolute Gasteiger partial charge is 0.330 e. The third kappa shape index (κ3) is 1.95. The summed E-state index contributed by atoms with van der Waals surface area (Å²) >= 11 is 0. The Kier molecular flexibility index (Phi) is 2.36. The molecule has 0 radical (unpaired) electrons. The van der Waals surface area contributed by atoms with Gasteiger partial charge >= 0.3 is 5.03 Å². The highest BCUT2D eigenvalue weighted by Gasteiger charge is 2.23. The van der Waals surface area contributed by atoms with Gasteiger partial charge < -0.3 is 5.21 Å². The van der Waals surface area contributed by atoms with Gasteiger partial charge in [-0.15, -0.1) is 0 Å². The van der Waals surface area contributed by atoms with Gasteiger partial charge in [0.05, 0.1) is 11.0 Å². The van der Waals surface area contributed by atoms with Gasteiger partial charge in [-0.2, -0.15) is 4.73 Å². The maximum atomic E-state index is 10.9. The van der Waals surface area contributed by atoms with Gasteiger partial charge in [-0.3, -0.25) is 10.1 Å². The first-order chi connectivity index (χ1) is 6.32. The van der Waals surface area contributed by atoms with Crippen molar-refractivity contribution in [2.24, 2.45) is 5.14 Å². The number of primary sulfonamides is 1. The molecule has 2 N–H and O–H groups in total. The molecule has 1 aromatic heterocycles. The molecule has 0 aromatic carbocycles. The summed E-state index contributed by atoms with van der Waals surface area (Å²) in [6.45, 7) is 0. The van der Waals surface area contributed by atoms with Crippen LogP contribution < -0.4 is 9.87 Å². The summed E-state index contributed by atoms with van der Waals surface area (Å²) in [5.74, 6) is 0. The van der Waals surface area contributed by atoms with E-state index >= 15 is 0 Å². The molecular weight excluding hydrogens is 214 g/mol. The Hall–Kier alpha value is -1.74. The molecule has 1 aromatic rings. The topological polar surface area (TPSA) is 130 Å². The van der Waals surface area contributed by atoms with Crippen molar-refractivity contribution in [3.63, 3.8) is 0 Å². The van der Waals surface area contributed by atoms with E-state index in [2.05, 4.69) is 5.14 Å². The van der Waals surface area contributed by atoms with Crippen LogP contribution in [0.15, 0.2) is 23.4 Å². The lowest BCUT2D eigenvalue weighted by molar-refractivity contribution is -0.647. The molecule has 0 spiro atoms. The summed E-state index contributed by atoms with van der Waals surface area (Å²) in [5.41, 5.74) is -0.513. The van der Waals surface area contributed by atoms with E-state index in [0.717, 1.165) is 6.07 Å². The van der Waals surface area contributed by atoms with E-state index < -0.39 is 25.7 Å². The van der Waals surface area contributed by atoms with Gasteiger partial charge in [0, 0.05) is 0 Å². The zero-order valence-corrected chi connectivity index (χ0v) is 7.47. The van der Waals surface area contributed by atoms with E-state index in [-0.39, 0.29) is 4.73 Å². The van der Waals surface area contributed by atoms with Crippen LogP contribution in [0.4, 0.5) is 5.69 Å². The molecule has 76 valence electrons. The SMILES string of the molecule is NS(=O)(=O)c1cc([N+](=O)[O-])cc[n+]1[O-]. The van der Waals surface area contributed by atoms with Crippen LogP contribution in [0.5, 0.6) is 0 Å². The lowest BCUT2D eigenvalue weighted by Gasteiger charge is -2.00. The van der Waals surface area contributed by atoms with Crippen LogP contribution in [0.3, 0.4) is 0 Å². The molecule has 0 saturated heterocycles. The average molecular weight is 219 g/mol. The summed E-state index contributed by atoms with van der Waals surface area (Å²) in [5, 5.41) is 24.9. The van der Waals surface area contributed by atoms with E-state index in [1.54, 1.807) is 0 Å². The number of hydrogen-bond donors (Lipinski definition) is 1. The minimum absolute atomic E-state index is 0.0532. The standard InChI is InChI=1S/C5H5N3O5S/c6-14(12,13)5-3-4(8(10)11)1-2-7(5)9/h1-3H,(H2,6,12,13). The first-order valence-corrected chi connectivity index (χ1v) is 4.77. The monoisotopic (exact) mass is 219 g/mol. The van der Waals surface area contributed by atoms with Gasteiger partial charge in [-0.1, -0.05) is 0 Å². The summed E-state index contributed by atoms with van der Waals surface area (Å²) in [6.07, 6.45) is 0.706. The summed E-state index contributed by atoms with van der Waals surface area (Å²) < 4.78 is 21.5. The van der Waals surface area contributed by atoms with Crippen LogP contribution >= 0.6 is 0 Å². The lowest BCUT2D eigenvalue weighted by Crippen LogP contribution is -2.36. The highest BCUT2D eigenvalue weighted by molar-refractivity contribution is 7.89. The second kappa shape index (κ2) is 3.20. The predicted octanol–water partition coefficient (Wildman–Crippen LogP) is -1.12. The lowest BCUT2D eigenvalue weighted by atomic mass is 10.4. The maximum Gasteiger partial charge on any atom is 0.330 e. The van der Waals surface area contributed by atoms with E-state index in [1.165, 1.54) is 0 Å². The molecule has 0 amide bonds. The van der Waals surface area contributed by atoms with Crippen LogP contribution in [0.25, 0.3) is 0 Å². The van der Waals surface area contributed by atoms with Gasteiger partial charge in [-0.25, -0.2) is 13.6 Å². The van der Waals surface area contributed by atoms with E-state index in [0.29, 0.717) is 12.3 Å². The normalized spacial score (nSPS) is 11.2. The Bertz CT molecular complexity index is 482. The summed E-state index contributed by atoms with van der Waals surface area (Å²) in [6, 6.07) is 1.48. The number of hydrogen-bond acceptors (Lipinski definition) is 5. The predicted molar refractivity (Wildman–Crippen MR) is 43.4 cm³/mol. The molecule has 8 nitrogen and oxygen atoms in total. The molecule has 0 aliphatic carbocycles. The molecule has 0 fully saturated rings. The summed E-state index contributed by atoms with van der Waals surface area (Å²) in [4.78, 5) is 9.43. The Labute approximate surface area is 78.4 Å². The van der Waals surface area contributed by atoms with Crippen molar-refractivity contribution in [1.29, 1.82) is 0 Å². The van der Waals surface area contributed by atoms with Crippen molar-refractivity contribution in [1.82, 2.24) is 0 Å². The van der Waals surface area contributed by atoms with Crippen LogP contribution in [0, 0.1) is 15.3 Å². The van der Waals surface area contributed by atoms with E-state index in [9.17, 15) is 23.7 Å². The van der Waals surface area contributed by atoms with Crippen molar-refractivity contribution in [3.8, 4) is 0 Å². The van der Waals surface area contributed by atoms with Crippen LogP contribution in [-0.2, 0) is 10.0 Å². The molecule has 0 aliphatic rings. The zero-order valence-electron chi connectivity index (χ0n) is 6.65. The number of rotatable bonds is 2. The maximum absolute atomic E-state index is 10.9. The van der Waals surface area contributed by atoms with Crippen molar-refractivity contribution in [3.05, 3.63) is 33.7 Å². The minimum Gasteiger partial charge on any atom is -0.618 e. The number of sulfonamides is 1. The number of pyridine rings is 1. The van der Waals surface area contributed by atoms with Crippen LogP contribution in [0.2, 0.25) is 0 Å². The second-order valence-corrected chi connectivity index (χ2v) is 3.86. The molecule has 1 heterocycles. The van der Waals surface area contributed by atoms with Crippen molar-refractivity contribution < 1.29 is 18.1 Å². The fourth-order valence-corrected chi connectivity index (χ4v) is 1.37. The van der Waals surface area contributed by atoms with Crippen LogP contribution in [-0.4, -0.2) is 13.3 Å². The highest BCUT2D eigenvalue weighted by Crippen LogP contribution is 2.11. The molecule has 1 rings (SSSR count). The van der Waals surface area contributed by atoms with Gasteiger partial charge in [-0.05, 0) is 0 Å². The fourth-order valence-electron chi connectivity index (χ4n) is 0.777. The van der Waals surface area contributed by atoms with Gasteiger partial charge in [0.15, 0.2) is 6.20 Å². The molecule has 0 bridgehead atoms. The van der Waals surface area contributed by atoms with Gasteiger partial charge in [0.25, 0.3) is 15.7 Å². The molecule has 9 heteroatoms. The number of aromatic nitrogens is 1. The Morgan fingerprint density at radius 3 is 2.50 bits per heavy atom. The third-order valence-electron chi connectivity index (χ3n) is 1.37. The first-order valence-electron chi connectivity index (χ1n) is 3.23. The summed E-state index contributed by atoms with van der Waals surface area (Å²) in [7, 11) is -4.24. The third-order valence-corrected chi connectivity index (χ3v) is 2.25. The quantitative estimate of drug-likeness (QED) is 0.291. The van der Waals surface area contributed by atoms with E-state index in [4.69, 9.17) is 0 Å². The molecular formula is C5H5N3O5S. The first kappa shape index (κ1) is 10.3. The number of nitro groups is 1. The van der Waals surface area contributed by atoms with Gasteiger partial charge in [0.1, 0.15) is 6.07 Å². The number of nitrogens with two attached hydrogens (primary N) is 1. The number of nitrogens with zero attached hydrogens (tertiary/aromatic N) is 2. The van der Waals surface area contributed by atoms with Gasteiger partial charge in [0.2, 0.25) is 0 Å². The Balaban J connectivity index is 3.44. The zero-order chi connectivity index (χ0) is 10.9. The van der Waals surface area contributed by atoms with Crippen molar-refractivity contribution in [2.75, 3.05) is 0 Å². The molecule has 0 saturated carbocycles. The molecule has 14 heavy (non-hydrogen) atoms. The highest BCUT2D eigenvalue weighted by atomic mass is 32.2. The molecule has 0 aliphatic heterocycles. The molecule has 0 unspecified atom stereocenters. The average Bonchev–Trinajstić information content (AvgIpc) is 2.02.